The number of hydrogen-bond donors (Lipinski definition) is 3. The Hall–Kier alpha value is -3.35. The largest absolute Gasteiger partial charge is 0.481 e. The highest BCUT2D eigenvalue weighted by Crippen LogP contribution is 2.26. The molecule has 8 heteroatoms. The van der Waals surface area contributed by atoms with Gasteiger partial charge in [-0.2, -0.15) is 0 Å². The Labute approximate surface area is 219 Å². The van der Waals surface area contributed by atoms with E-state index in [4.69, 9.17) is 28.3 Å². The second-order valence-corrected chi connectivity index (χ2v) is 9.59. The van der Waals surface area contributed by atoms with E-state index in [1.807, 2.05) is 61.5 Å². The molecular weight excluding hydrogens is 501 g/mol. The molecule has 1 amide bonds. The number of halogens is 2. The summed E-state index contributed by atoms with van der Waals surface area (Å²) in [6, 6.07) is 19.2. The molecule has 36 heavy (non-hydrogen) atoms. The van der Waals surface area contributed by atoms with Gasteiger partial charge in [0.15, 0.2) is 0 Å². The Morgan fingerprint density at radius 3 is 2.31 bits per heavy atom. The number of fused-ring (bicyclic) bond motifs is 1. The molecule has 0 aliphatic heterocycles. The van der Waals surface area contributed by atoms with Crippen LogP contribution in [0.25, 0.3) is 16.8 Å². The van der Waals surface area contributed by atoms with Crippen molar-refractivity contribution in [1.82, 2.24) is 5.32 Å². The summed E-state index contributed by atoms with van der Waals surface area (Å²) >= 11 is 12.2. The summed E-state index contributed by atoms with van der Waals surface area (Å²) in [5.41, 5.74) is 1.92. The number of carboxylic acids is 2. The van der Waals surface area contributed by atoms with Crippen molar-refractivity contribution >= 4 is 57.9 Å². The van der Waals surface area contributed by atoms with Gasteiger partial charge in [-0.3, -0.25) is 14.4 Å². The van der Waals surface area contributed by atoms with Gasteiger partial charge < -0.3 is 15.5 Å². The first kappa shape index (κ1) is 27.2. The van der Waals surface area contributed by atoms with E-state index in [1.54, 1.807) is 12.1 Å². The third kappa shape index (κ3) is 7.83. The highest BCUT2D eigenvalue weighted by Gasteiger charge is 2.26. The first-order chi connectivity index (χ1) is 17.1. The second kappa shape index (κ2) is 12.6. The number of benzene rings is 3. The van der Waals surface area contributed by atoms with Crippen LogP contribution in [0.15, 0.2) is 66.7 Å². The van der Waals surface area contributed by atoms with E-state index in [-0.39, 0.29) is 12.0 Å². The molecule has 3 aromatic rings. The second-order valence-electron chi connectivity index (χ2n) is 8.78. The lowest BCUT2D eigenvalue weighted by molar-refractivity contribution is -0.149. The van der Waals surface area contributed by atoms with Crippen LogP contribution in [0.5, 0.6) is 0 Å². The van der Waals surface area contributed by atoms with Gasteiger partial charge in [0.1, 0.15) is 0 Å². The molecular formula is C28H27Cl2NO5. The summed E-state index contributed by atoms with van der Waals surface area (Å²) in [5.74, 6) is -4.56. The van der Waals surface area contributed by atoms with Crippen molar-refractivity contribution < 1.29 is 24.6 Å². The minimum absolute atomic E-state index is 0.166. The van der Waals surface area contributed by atoms with Crippen molar-refractivity contribution in [3.8, 4) is 0 Å². The van der Waals surface area contributed by atoms with E-state index < -0.39 is 36.6 Å². The lowest BCUT2D eigenvalue weighted by atomic mass is 9.91. The van der Waals surface area contributed by atoms with E-state index in [1.165, 1.54) is 0 Å². The van der Waals surface area contributed by atoms with Crippen molar-refractivity contribution in [2.45, 2.75) is 32.2 Å². The van der Waals surface area contributed by atoms with Crippen LogP contribution < -0.4 is 5.32 Å². The lowest BCUT2D eigenvalue weighted by Gasteiger charge is -2.23. The maximum Gasteiger partial charge on any atom is 0.307 e. The average molecular weight is 528 g/mol. The highest BCUT2D eigenvalue weighted by atomic mass is 35.5. The summed E-state index contributed by atoms with van der Waals surface area (Å²) in [6.07, 6.45) is 3.50. The van der Waals surface area contributed by atoms with E-state index in [0.29, 0.717) is 16.5 Å². The predicted molar refractivity (Wildman–Crippen MR) is 142 cm³/mol. The maximum atomic E-state index is 12.6. The van der Waals surface area contributed by atoms with Crippen LogP contribution in [0.2, 0.25) is 10.0 Å². The predicted octanol–water partition coefficient (Wildman–Crippen LogP) is 6.09. The molecule has 0 aliphatic rings. The van der Waals surface area contributed by atoms with E-state index in [2.05, 4.69) is 11.4 Å². The van der Waals surface area contributed by atoms with Gasteiger partial charge in [0.2, 0.25) is 5.91 Å². The first-order valence-corrected chi connectivity index (χ1v) is 12.2. The van der Waals surface area contributed by atoms with Crippen molar-refractivity contribution in [3.05, 3.63) is 87.9 Å². The van der Waals surface area contributed by atoms with Crippen molar-refractivity contribution in [2.24, 2.45) is 11.8 Å². The van der Waals surface area contributed by atoms with Crippen LogP contribution in [-0.4, -0.2) is 34.1 Å². The van der Waals surface area contributed by atoms with Gasteiger partial charge in [0, 0.05) is 18.4 Å². The molecule has 0 bridgehead atoms. The van der Waals surface area contributed by atoms with Gasteiger partial charge in [0.25, 0.3) is 0 Å². The molecule has 0 heterocycles. The van der Waals surface area contributed by atoms with E-state index in [0.717, 1.165) is 21.9 Å². The Kier molecular flexibility index (Phi) is 9.51. The van der Waals surface area contributed by atoms with Gasteiger partial charge in [-0.05, 0) is 53.4 Å². The van der Waals surface area contributed by atoms with Crippen LogP contribution in [0.4, 0.5) is 0 Å². The van der Waals surface area contributed by atoms with Crippen LogP contribution in [-0.2, 0) is 20.8 Å². The van der Waals surface area contributed by atoms with Crippen LogP contribution in [0.1, 0.15) is 30.9 Å². The zero-order valence-corrected chi connectivity index (χ0v) is 21.2. The SMILES string of the molecule is C[C@H](NC(=O)C[C@@H](CC(=O)O)C(=O)O)[C@H](C=Cc1ccc2ccccc2c1)Cc1ccc(Cl)c(Cl)c1. The number of carboxylic acid groups (broad SMARTS) is 2. The number of carbonyl (C=O) groups is 3. The van der Waals surface area contributed by atoms with Crippen molar-refractivity contribution in [3.63, 3.8) is 0 Å². The number of aliphatic carboxylic acids is 2. The lowest BCUT2D eigenvalue weighted by Crippen LogP contribution is -2.40. The Morgan fingerprint density at radius 1 is 0.917 bits per heavy atom. The Bertz CT molecular complexity index is 1290. The zero-order valence-electron chi connectivity index (χ0n) is 19.7. The average Bonchev–Trinajstić information content (AvgIpc) is 2.82. The third-order valence-electron chi connectivity index (χ3n) is 6.00. The Balaban J connectivity index is 1.80. The van der Waals surface area contributed by atoms with Crippen molar-refractivity contribution in [2.75, 3.05) is 0 Å². The fourth-order valence-corrected chi connectivity index (χ4v) is 4.32. The molecule has 0 saturated heterocycles. The molecule has 0 unspecified atom stereocenters. The van der Waals surface area contributed by atoms with E-state index >= 15 is 0 Å². The minimum Gasteiger partial charge on any atom is -0.481 e. The van der Waals surface area contributed by atoms with Gasteiger partial charge in [-0.25, -0.2) is 0 Å². The molecule has 3 N–H and O–H groups in total. The molecule has 188 valence electrons. The van der Waals surface area contributed by atoms with Crippen LogP contribution in [0, 0.1) is 11.8 Å². The number of carbonyl (C=O) groups excluding carboxylic acids is 1. The molecule has 0 aromatic heterocycles. The van der Waals surface area contributed by atoms with Crippen LogP contribution >= 0.6 is 23.2 Å². The van der Waals surface area contributed by atoms with Crippen molar-refractivity contribution in [1.29, 1.82) is 0 Å². The molecule has 0 radical (unpaired) electrons. The normalized spacial score (nSPS) is 13.9. The van der Waals surface area contributed by atoms with Gasteiger partial charge in [0.05, 0.1) is 22.4 Å². The number of nitrogens with one attached hydrogen (secondary N) is 1. The summed E-state index contributed by atoms with van der Waals surface area (Å²) in [7, 11) is 0. The zero-order chi connectivity index (χ0) is 26.2. The molecule has 3 aromatic carbocycles. The standard InChI is InChI=1S/C28H27Cl2NO5/c1-17(31-26(32)15-23(28(35)36)16-27(33)34)21(13-19-8-11-24(29)25(30)14-19)10-7-18-6-9-20-4-2-3-5-22(20)12-18/h2-12,14,17,21,23H,13,15-16H2,1H3,(H,31,32)(H,33,34)(H,35,36)/t17-,21+,23-/m0/s1. The molecule has 0 aliphatic carbocycles. The fourth-order valence-electron chi connectivity index (χ4n) is 4.00. The Morgan fingerprint density at radius 2 is 1.64 bits per heavy atom. The quantitative estimate of drug-likeness (QED) is 0.280. The number of rotatable bonds is 11. The van der Waals surface area contributed by atoms with Crippen LogP contribution in [0.3, 0.4) is 0 Å². The van der Waals surface area contributed by atoms with Gasteiger partial charge in [-0.15, -0.1) is 0 Å². The fraction of sp³-hybridized carbons (Fsp3) is 0.250. The smallest absolute Gasteiger partial charge is 0.307 e. The van der Waals surface area contributed by atoms with E-state index in [9.17, 15) is 19.5 Å². The number of amides is 1. The first-order valence-electron chi connectivity index (χ1n) is 11.5. The molecule has 0 spiro atoms. The van der Waals surface area contributed by atoms with Gasteiger partial charge >= 0.3 is 11.9 Å². The third-order valence-corrected chi connectivity index (χ3v) is 6.74. The molecule has 0 fully saturated rings. The van der Waals surface area contributed by atoms with Gasteiger partial charge in [-0.1, -0.05) is 77.8 Å². The molecule has 6 nitrogen and oxygen atoms in total. The molecule has 3 atom stereocenters. The summed E-state index contributed by atoms with van der Waals surface area (Å²) in [5, 5.41) is 24.2. The summed E-state index contributed by atoms with van der Waals surface area (Å²) in [4.78, 5) is 34.9. The number of hydrogen-bond acceptors (Lipinski definition) is 3. The maximum absolute atomic E-state index is 12.6. The molecule has 0 saturated carbocycles. The monoisotopic (exact) mass is 527 g/mol. The highest BCUT2D eigenvalue weighted by molar-refractivity contribution is 6.42. The molecule has 3 rings (SSSR count). The minimum atomic E-state index is -1.32. The topological polar surface area (TPSA) is 104 Å². The summed E-state index contributed by atoms with van der Waals surface area (Å²) in [6.45, 7) is 1.83. The summed E-state index contributed by atoms with van der Waals surface area (Å²) < 4.78 is 0.